The fourth-order valence-corrected chi connectivity index (χ4v) is 7.64. The van der Waals surface area contributed by atoms with Crippen LogP contribution in [0.4, 0.5) is 10.7 Å². The van der Waals surface area contributed by atoms with Crippen molar-refractivity contribution in [2.45, 2.75) is 63.5 Å². The molecule has 2 aromatic carbocycles. The first-order valence-electron chi connectivity index (χ1n) is 14.5. The maximum atomic E-state index is 13.5. The molecule has 3 aromatic rings. The number of carboxylic acids is 2. The van der Waals surface area contributed by atoms with Crippen LogP contribution in [-0.2, 0) is 22.4 Å². The Hall–Kier alpha value is -4.16. The monoisotopic (exact) mass is 652 g/mol. The van der Waals surface area contributed by atoms with Crippen LogP contribution in [0.15, 0.2) is 47.4 Å². The number of fused-ring (bicyclic) bond motifs is 1. The lowest BCUT2D eigenvalue weighted by atomic mass is 9.72. The summed E-state index contributed by atoms with van der Waals surface area (Å²) >= 11 is 2.73. The summed E-state index contributed by atoms with van der Waals surface area (Å²) in [6.07, 6.45) is 3.02. The molecular formula is C33H36N2O8S2. The van der Waals surface area contributed by atoms with Gasteiger partial charge in [-0.05, 0) is 79.0 Å². The average Bonchev–Trinajstić information content (AvgIpc) is 3.35. The third-order valence-electron chi connectivity index (χ3n) is 7.89. The molecule has 0 aliphatic heterocycles. The molecule has 2 unspecified atom stereocenters. The molecule has 1 heterocycles. The standard InChI is InChI=1S/C33H36N2O8S2/c1-6-24(28(37)35-29-26(32(42)43-5)22-13-11-18(33(2,3)4)15-25(22)45-29)44-20-9-7-8-19(16-20)34-27(36)21-12-10-17(30(38)39)14-23(21)31(40)41/h7-10,12,14,16,18,24H,6,11,13,15H2,1-5H3,(H,34,36)(H,35,37)(H,38,39)(H,40,41). The first kappa shape index (κ1) is 33.7. The zero-order valence-electron chi connectivity index (χ0n) is 25.7. The minimum Gasteiger partial charge on any atom is -0.478 e. The van der Waals surface area contributed by atoms with E-state index in [1.165, 1.54) is 36.3 Å². The van der Waals surface area contributed by atoms with Gasteiger partial charge in [-0.2, -0.15) is 0 Å². The summed E-state index contributed by atoms with van der Waals surface area (Å²) in [7, 11) is 1.34. The smallest absolute Gasteiger partial charge is 0.341 e. The second-order valence-electron chi connectivity index (χ2n) is 11.9. The number of esters is 1. The Kier molecular flexibility index (Phi) is 10.4. The number of aromatic carboxylic acids is 2. The number of thiophene rings is 1. The van der Waals surface area contributed by atoms with E-state index in [9.17, 15) is 34.2 Å². The molecule has 0 saturated carbocycles. The number of hydrogen-bond acceptors (Lipinski definition) is 8. The fraction of sp³-hybridized carbons (Fsp3) is 0.364. The van der Waals surface area contributed by atoms with Crippen molar-refractivity contribution in [2.24, 2.45) is 11.3 Å². The SMILES string of the molecule is CCC(Sc1cccc(NC(=O)c2ccc(C(=O)O)cc2C(=O)O)c1)C(=O)Nc1sc2c(c1C(=O)OC)CCC(C(C)(C)C)C2. The largest absolute Gasteiger partial charge is 0.478 e. The number of thioether (sulfide) groups is 1. The highest BCUT2D eigenvalue weighted by Gasteiger charge is 2.35. The van der Waals surface area contributed by atoms with Crippen LogP contribution in [0.5, 0.6) is 0 Å². The van der Waals surface area contributed by atoms with Gasteiger partial charge in [-0.25, -0.2) is 14.4 Å². The van der Waals surface area contributed by atoms with Crippen LogP contribution >= 0.6 is 23.1 Å². The second-order valence-corrected chi connectivity index (χ2v) is 14.2. The minimum atomic E-state index is -1.43. The zero-order valence-corrected chi connectivity index (χ0v) is 27.3. The Morgan fingerprint density at radius 2 is 1.76 bits per heavy atom. The first-order chi connectivity index (χ1) is 21.2. The summed E-state index contributed by atoms with van der Waals surface area (Å²) in [5.74, 6) is -3.73. The molecule has 0 radical (unpaired) electrons. The van der Waals surface area contributed by atoms with Crippen LogP contribution in [0.3, 0.4) is 0 Å². The number of benzene rings is 2. The van der Waals surface area contributed by atoms with E-state index in [1.807, 2.05) is 6.92 Å². The van der Waals surface area contributed by atoms with E-state index in [1.54, 1.807) is 24.3 Å². The number of amides is 2. The number of carbonyl (C=O) groups is 5. The van der Waals surface area contributed by atoms with Crippen molar-refractivity contribution in [3.63, 3.8) is 0 Å². The molecular weight excluding hydrogens is 617 g/mol. The van der Waals surface area contributed by atoms with Crippen molar-refractivity contribution in [2.75, 3.05) is 17.7 Å². The quantitative estimate of drug-likeness (QED) is 0.136. The van der Waals surface area contributed by atoms with Crippen molar-refractivity contribution in [1.29, 1.82) is 0 Å². The summed E-state index contributed by atoms with van der Waals surface area (Å²) in [5, 5.41) is 24.3. The maximum absolute atomic E-state index is 13.5. The van der Waals surface area contributed by atoms with Gasteiger partial charge in [0.05, 0.1) is 34.6 Å². The molecule has 2 atom stereocenters. The van der Waals surface area contributed by atoms with Gasteiger partial charge in [-0.1, -0.05) is 33.8 Å². The minimum absolute atomic E-state index is 0.123. The maximum Gasteiger partial charge on any atom is 0.341 e. The molecule has 1 aliphatic carbocycles. The number of hydrogen-bond donors (Lipinski definition) is 4. The van der Waals surface area contributed by atoms with Crippen LogP contribution in [0, 0.1) is 11.3 Å². The lowest BCUT2D eigenvalue weighted by Crippen LogP contribution is -2.27. The fourth-order valence-electron chi connectivity index (χ4n) is 5.31. The molecule has 0 spiro atoms. The number of nitrogens with one attached hydrogen (secondary N) is 2. The Bertz CT molecular complexity index is 1660. The van der Waals surface area contributed by atoms with E-state index < -0.39 is 34.6 Å². The summed E-state index contributed by atoms with van der Waals surface area (Å²) in [6, 6.07) is 10.0. The van der Waals surface area contributed by atoms with Gasteiger partial charge in [0.1, 0.15) is 5.00 Å². The van der Waals surface area contributed by atoms with Gasteiger partial charge in [0.2, 0.25) is 5.91 Å². The van der Waals surface area contributed by atoms with E-state index in [2.05, 4.69) is 31.4 Å². The van der Waals surface area contributed by atoms with Gasteiger partial charge in [0, 0.05) is 15.5 Å². The van der Waals surface area contributed by atoms with E-state index in [0.717, 1.165) is 41.8 Å². The zero-order chi connectivity index (χ0) is 33.1. The molecule has 1 aromatic heterocycles. The highest BCUT2D eigenvalue weighted by atomic mass is 32.2. The van der Waals surface area contributed by atoms with E-state index in [-0.39, 0.29) is 22.4 Å². The number of anilines is 2. The molecule has 238 valence electrons. The van der Waals surface area contributed by atoms with Gasteiger partial charge < -0.3 is 25.6 Å². The molecule has 45 heavy (non-hydrogen) atoms. The van der Waals surface area contributed by atoms with Gasteiger partial charge in [0.15, 0.2) is 0 Å². The Balaban J connectivity index is 1.51. The summed E-state index contributed by atoms with van der Waals surface area (Å²) in [5.41, 5.74) is 1.00. The number of carbonyl (C=O) groups excluding carboxylic acids is 3. The lowest BCUT2D eigenvalue weighted by Gasteiger charge is -2.33. The topological polar surface area (TPSA) is 159 Å². The van der Waals surface area contributed by atoms with Crippen molar-refractivity contribution in [3.05, 3.63) is 75.2 Å². The molecule has 0 saturated heterocycles. The highest BCUT2D eigenvalue weighted by Crippen LogP contribution is 2.44. The number of methoxy groups -OCH3 is 1. The Morgan fingerprint density at radius 3 is 2.38 bits per heavy atom. The van der Waals surface area contributed by atoms with Crippen LogP contribution in [0.25, 0.3) is 0 Å². The Morgan fingerprint density at radius 1 is 1.02 bits per heavy atom. The summed E-state index contributed by atoms with van der Waals surface area (Å²) < 4.78 is 5.09. The Labute approximate surface area is 269 Å². The van der Waals surface area contributed by atoms with E-state index in [4.69, 9.17) is 4.74 Å². The van der Waals surface area contributed by atoms with Gasteiger partial charge in [-0.15, -0.1) is 23.1 Å². The van der Waals surface area contributed by atoms with Crippen LogP contribution in [-0.4, -0.2) is 52.3 Å². The number of ether oxygens (including phenoxy) is 1. The molecule has 4 N–H and O–H groups in total. The highest BCUT2D eigenvalue weighted by molar-refractivity contribution is 8.00. The van der Waals surface area contributed by atoms with E-state index in [0.29, 0.717) is 33.5 Å². The average molecular weight is 653 g/mol. The summed E-state index contributed by atoms with van der Waals surface area (Å²) in [6.45, 7) is 8.53. The third-order valence-corrected chi connectivity index (χ3v) is 10.4. The normalized spacial score (nSPS) is 15.0. The molecule has 10 nitrogen and oxygen atoms in total. The molecule has 2 amide bonds. The van der Waals surface area contributed by atoms with Gasteiger partial charge in [0.25, 0.3) is 5.91 Å². The first-order valence-corrected chi connectivity index (χ1v) is 16.2. The lowest BCUT2D eigenvalue weighted by molar-refractivity contribution is -0.115. The molecule has 1 aliphatic rings. The van der Waals surface area contributed by atoms with Crippen molar-refractivity contribution < 1.29 is 38.9 Å². The van der Waals surface area contributed by atoms with Gasteiger partial charge >= 0.3 is 17.9 Å². The van der Waals surface area contributed by atoms with Crippen molar-refractivity contribution >= 4 is 63.5 Å². The molecule has 4 rings (SSSR count). The number of carboxylic acid groups (broad SMARTS) is 2. The predicted molar refractivity (Wildman–Crippen MR) is 174 cm³/mol. The predicted octanol–water partition coefficient (Wildman–Crippen LogP) is 6.84. The molecule has 0 bridgehead atoms. The summed E-state index contributed by atoms with van der Waals surface area (Å²) in [4.78, 5) is 64.1. The van der Waals surface area contributed by atoms with Gasteiger partial charge in [-0.3, -0.25) is 9.59 Å². The molecule has 12 heteroatoms. The molecule has 0 fully saturated rings. The van der Waals surface area contributed by atoms with Crippen LogP contribution in [0.1, 0.15) is 92.4 Å². The second kappa shape index (κ2) is 13.9. The number of rotatable bonds is 10. The van der Waals surface area contributed by atoms with Crippen molar-refractivity contribution in [1.82, 2.24) is 0 Å². The van der Waals surface area contributed by atoms with E-state index >= 15 is 0 Å². The third kappa shape index (κ3) is 7.74. The van der Waals surface area contributed by atoms with Crippen LogP contribution < -0.4 is 10.6 Å². The van der Waals surface area contributed by atoms with Crippen LogP contribution in [0.2, 0.25) is 0 Å². The van der Waals surface area contributed by atoms with Crippen molar-refractivity contribution in [3.8, 4) is 0 Å².